The minimum absolute atomic E-state index is 0.463. The molecule has 0 N–H and O–H groups in total. The van der Waals surface area contributed by atoms with E-state index < -0.39 is 0 Å². The Bertz CT molecular complexity index is 542. The lowest BCUT2D eigenvalue weighted by molar-refractivity contribution is 0.200. The number of aromatic nitrogens is 2. The van der Waals surface area contributed by atoms with Crippen molar-refractivity contribution in [3.05, 3.63) is 35.9 Å². The molecule has 1 atom stereocenters. The number of likely N-dealkylation sites (tertiary alicyclic amines) is 1. The van der Waals surface area contributed by atoms with E-state index in [0.717, 1.165) is 56.2 Å². The van der Waals surface area contributed by atoms with Crippen LogP contribution < -0.4 is 0 Å². The average Bonchev–Trinajstić information content (AvgIpc) is 3.16. The first kappa shape index (κ1) is 14.3. The molecular formula is C16H23N3O2. The Hall–Kier alpha value is -1.62. The van der Waals surface area contributed by atoms with Gasteiger partial charge in [0.1, 0.15) is 11.5 Å². The second-order valence-corrected chi connectivity index (χ2v) is 6.04. The quantitative estimate of drug-likeness (QED) is 0.845. The fourth-order valence-electron chi connectivity index (χ4n) is 3.01. The molecule has 1 aliphatic rings. The zero-order valence-electron chi connectivity index (χ0n) is 12.8. The van der Waals surface area contributed by atoms with Gasteiger partial charge in [0, 0.05) is 11.8 Å². The summed E-state index contributed by atoms with van der Waals surface area (Å²) in [6, 6.07) is 4.14. The van der Waals surface area contributed by atoms with Crippen LogP contribution in [0.4, 0.5) is 0 Å². The molecule has 0 spiro atoms. The van der Waals surface area contributed by atoms with Gasteiger partial charge in [-0.05, 0) is 58.0 Å². The van der Waals surface area contributed by atoms with Gasteiger partial charge in [0.25, 0.3) is 0 Å². The van der Waals surface area contributed by atoms with Gasteiger partial charge in [0.05, 0.1) is 0 Å². The summed E-state index contributed by atoms with van der Waals surface area (Å²) >= 11 is 0. The number of aryl methyl sites for hydroxylation is 1. The van der Waals surface area contributed by atoms with Crippen LogP contribution in [0.2, 0.25) is 0 Å². The second kappa shape index (κ2) is 6.43. The summed E-state index contributed by atoms with van der Waals surface area (Å²) in [6.45, 7) is 7.59. The molecule has 21 heavy (non-hydrogen) atoms. The van der Waals surface area contributed by atoms with Crippen molar-refractivity contribution in [3.63, 3.8) is 0 Å². The van der Waals surface area contributed by atoms with Crippen molar-refractivity contribution in [1.29, 1.82) is 0 Å². The highest BCUT2D eigenvalue weighted by molar-refractivity contribution is 5.09. The van der Waals surface area contributed by atoms with E-state index in [4.69, 9.17) is 8.94 Å². The molecule has 3 rings (SSSR count). The molecule has 1 fully saturated rings. The maximum absolute atomic E-state index is 5.71. The molecule has 2 aromatic rings. The summed E-state index contributed by atoms with van der Waals surface area (Å²) in [4.78, 5) is 6.70. The van der Waals surface area contributed by atoms with Crippen molar-refractivity contribution in [1.82, 2.24) is 15.0 Å². The third-order valence-electron chi connectivity index (χ3n) is 4.46. The lowest BCUT2D eigenvalue weighted by atomic mass is 9.95. The largest absolute Gasteiger partial charge is 0.466 e. The third-order valence-corrected chi connectivity index (χ3v) is 4.46. The topological polar surface area (TPSA) is 55.3 Å². The van der Waals surface area contributed by atoms with Crippen LogP contribution in [0.15, 0.2) is 27.5 Å². The van der Waals surface area contributed by atoms with Gasteiger partial charge < -0.3 is 13.8 Å². The molecule has 0 radical (unpaired) electrons. The molecule has 2 aromatic heterocycles. The van der Waals surface area contributed by atoms with Crippen LogP contribution in [0, 0.1) is 6.92 Å². The number of hydrogen-bond donors (Lipinski definition) is 0. The Morgan fingerprint density at radius 1 is 1.33 bits per heavy atom. The fraction of sp³-hybridized carbons (Fsp3) is 0.625. The SMILES string of the molecule is Cc1ccc([C@H](C)CCN2CCC(c3ncon3)CC2)o1. The van der Waals surface area contributed by atoms with E-state index in [2.05, 4.69) is 28.0 Å². The van der Waals surface area contributed by atoms with Crippen LogP contribution in [0.5, 0.6) is 0 Å². The summed E-state index contributed by atoms with van der Waals surface area (Å²) in [5, 5.41) is 3.96. The molecule has 0 amide bonds. The van der Waals surface area contributed by atoms with Crippen LogP contribution >= 0.6 is 0 Å². The van der Waals surface area contributed by atoms with E-state index in [1.165, 1.54) is 6.39 Å². The second-order valence-electron chi connectivity index (χ2n) is 6.04. The summed E-state index contributed by atoms with van der Waals surface area (Å²) < 4.78 is 10.5. The van der Waals surface area contributed by atoms with Crippen LogP contribution in [-0.4, -0.2) is 34.7 Å². The molecule has 5 heteroatoms. The highest BCUT2D eigenvalue weighted by atomic mass is 16.5. The maximum Gasteiger partial charge on any atom is 0.213 e. The first-order valence-corrected chi connectivity index (χ1v) is 7.77. The van der Waals surface area contributed by atoms with Crippen LogP contribution in [0.3, 0.4) is 0 Å². The van der Waals surface area contributed by atoms with Crippen molar-refractivity contribution in [3.8, 4) is 0 Å². The van der Waals surface area contributed by atoms with Gasteiger partial charge in [0.15, 0.2) is 5.82 Å². The number of rotatable bonds is 5. The Balaban J connectivity index is 1.43. The first-order chi connectivity index (χ1) is 10.2. The zero-order chi connectivity index (χ0) is 14.7. The summed E-state index contributed by atoms with van der Waals surface area (Å²) in [6.07, 6.45) is 4.80. The molecule has 0 aliphatic carbocycles. The molecule has 0 saturated carbocycles. The molecule has 3 heterocycles. The zero-order valence-corrected chi connectivity index (χ0v) is 12.8. The lowest BCUT2D eigenvalue weighted by Gasteiger charge is -2.31. The Labute approximate surface area is 125 Å². The number of hydrogen-bond acceptors (Lipinski definition) is 5. The monoisotopic (exact) mass is 289 g/mol. The van der Waals surface area contributed by atoms with E-state index in [1.807, 2.05) is 13.0 Å². The highest BCUT2D eigenvalue weighted by Crippen LogP contribution is 2.27. The Morgan fingerprint density at radius 2 is 2.14 bits per heavy atom. The first-order valence-electron chi connectivity index (χ1n) is 7.77. The van der Waals surface area contributed by atoms with Crippen LogP contribution in [0.1, 0.15) is 55.4 Å². The third kappa shape index (κ3) is 3.53. The highest BCUT2D eigenvalue weighted by Gasteiger charge is 2.23. The summed E-state index contributed by atoms with van der Waals surface area (Å²) in [5.74, 6) is 3.92. The lowest BCUT2D eigenvalue weighted by Crippen LogP contribution is -2.34. The predicted molar refractivity (Wildman–Crippen MR) is 79.2 cm³/mol. The fourth-order valence-corrected chi connectivity index (χ4v) is 3.01. The normalized spacial score (nSPS) is 19.0. The van der Waals surface area contributed by atoms with Gasteiger partial charge in [0.2, 0.25) is 6.39 Å². The van der Waals surface area contributed by atoms with Crippen molar-refractivity contribution in [2.24, 2.45) is 0 Å². The van der Waals surface area contributed by atoms with Crippen molar-refractivity contribution in [2.45, 2.75) is 44.9 Å². The standard InChI is InChI=1S/C16H23N3O2/c1-12(15-4-3-13(2)21-15)5-8-19-9-6-14(7-10-19)16-17-11-20-18-16/h3-4,11-12,14H,5-10H2,1-2H3/t12-/m1/s1. The van der Waals surface area contributed by atoms with E-state index in [-0.39, 0.29) is 0 Å². The smallest absolute Gasteiger partial charge is 0.213 e. The minimum Gasteiger partial charge on any atom is -0.466 e. The molecular weight excluding hydrogens is 266 g/mol. The van der Waals surface area contributed by atoms with Gasteiger partial charge in [-0.15, -0.1) is 0 Å². The van der Waals surface area contributed by atoms with Gasteiger partial charge in [-0.2, -0.15) is 4.98 Å². The average molecular weight is 289 g/mol. The Kier molecular flexibility index (Phi) is 4.39. The van der Waals surface area contributed by atoms with Gasteiger partial charge >= 0.3 is 0 Å². The number of furan rings is 1. The minimum atomic E-state index is 0.463. The van der Waals surface area contributed by atoms with Gasteiger partial charge in [-0.25, -0.2) is 0 Å². The van der Waals surface area contributed by atoms with Gasteiger partial charge in [-0.1, -0.05) is 12.1 Å². The molecule has 114 valence electrons. The predicted octanol–water partition coefficient (Wildman–Crippen LogP) is 3.34. The van der Waals surface area contributed by atoms with Crippen LogP contribution in [-0.2, 0) is 0 Å². The molecule has 0 unspecified atom stereocenters. The van der Waals surface area contributed by atoms with E-state index >= 15 is 0 Å². The molecule has 0 bridgehead atoms. The van der Waals surface area contributed by atoms with E-state index in [0.29, 0.717) is 11.8 Å². The van der Waals surface area contributed by atoms with Gasteiger partial charge in [-0.3, -0.25) is 0 Å². The van der Waals surface area contributed by atoms with Crippen molar-refractivity contribution in [2.75, 3.05) is 19.6 Å². The molecule has 1 saturated heterocycles. The summed E-state index contributed by atoms with van der Waals surface area (Å²) in [7, 11) is 0. The number of piperidine rings is 1. The molecule has 5 nitrogen and oxygen atoms in total. The Morgan fingerprint density at radius 3 is 2.76 bits per heavy atom. The van der Waals surface area contributed by atoms with E-state index in [1.54, 1.807) is 0 Å². The number of nitrogens with zero attached hydrogens (tertiary/aromatic N) is 3. The molecule has 0 aromatic carbocycles. The summed E-state index contributed by atoms with van der Waals surface area (Å²) in [5.41, 5.74) is 0. The molecule has 1 aliphatic heterocycles. The van der Waals surface area contributed by atoms with Crippen molar-refractivity contribution >= 4 is 0 Å². The van der Waals surface area contributed by atoms with E-state index in [9.17, 15) is 0 Å². The maximum atomic E-state index is 5.71. The van der Waals surface area contributed by atoms with Crippen LogP contribution in [0.25, 0.3) is 0 Å². The van der Waals surface area contributed by atoms with Crippen molar-refractivity contribution < 1.29 is 8.94 Å².